The van der Waals surface area contributed by atoms with Crippen LogP contribution in [-0.2, 0) is 21.4 Å². The molecule has 11 heteroatoms. The van der Waals surface area contributed by atoms with Crippen LogP contribution in [0.4, 0.5) is 13.2 Å². The number of hydrogen-bond donors (Lipinski definition) is 3. The normalized spacial score (nSPS) is 13.0. The summed E-state index contributed by atoms with van der Waals surface area (Å²) in [6.07, 6.45) is -5.20. The number of carboxylic acid groups (broad SMARTS) is 1. The van der Waals surface area contributed by atoms with Gasteiger partial charge in [-0.25, -0.2) is 10.6 Å². The first-order chi connectivity index (χ1) is 9.85. The minimum Gasteiger partial charge on any atom is -0.480 e. The van der Waals surface area contributed by atoms with Crippen molar-refractivity contribution in [2.24, 2.45) is 0 Å². The SMILES string of the molecule is CC(C)NC(NC(C)C)([PH+]=S)N(CC(=O)O)C(=O)C(F)(F)F. The number of nitrogens with zero attached hydrogens (tertiary/aromatic N) is 1. The Balaban J connectivity index is 5.95. The van der Waals surface area contributed by atoms with Crippen molar-refractivity contribution in [3.8, 4) is 0 Å². The first-order valence-electron chi connectivity index (χ1n) is 6.41. The van der Waals surface area contributed by atoms with Gasteiger partial charge in [-0.2, -0.15) is 13.2 Å². The zero-order valence-electron chi connectivity index (χ0n) is 12.6. The summed E-state index contributed by atoms with van der Waals surface area (Å²) in [4.78, 5) is 22.8. The maximum absolute atomic E-state index is 12.8. The Labute approximate surface area is 133 Å². The highest BCUT2D eigenvalue weighted by molar-refractivity contribution is 7.97. The van der Waals surface area contributed by atoms with Crippen molar-refractivity contribution in [3.63, 3.8) is 0 Å². The van der Waals surface area contributed by atoms with Gasteiger partial charge in [-0.1, -0.05) is 0 Å². The van der Waals surface area contributed by atoms with Gasteiger partial charge in [0.2, 0.25) is 7.36 Å². The molecule has 0 saturated carbocycles. The summed E-state index contributed by atoms with van der Waals surface area (Å²) < 4.78 is 38.5. The number of alkyl halides is 3. The topological polar surface area (TPSA) is 81.7 Å². The molecule has 0 aliphatic rings. The number of halogens is 3. The number of nitrogens with one attached hydrogen (secondary N) is 2. The fraction of sp³-hybridized carbons (Fsp3) is 0.818. The molecule has 3 N–H and O–H groups in total. The number of carboxylic acids is 1. The van der Waals surface area contributed by atoms with Crippen LogP contribution in [0.15, 0.2) is 0 Å². The van der Waals surface area contributed by atoms with Crippen molar-refractivity contribution in [2.45, 2.75) is 51.5 Å². The van der Waals surface area contributed by atoms with Crippen LogP contribution in [-0.4, -0.2) is 52.2 Å². The largest absolute Gasteiger partial charge is 0.480 e. The molecule has 1 unspecified atom stereocenters. The molecule has 0 heterocycles. The molecule has 0 aromatic heterocycles. The second-order valence-corrected chi connectivity index (χ2v) is 6.73. The average molecular weight is 362 g/mol. The number of rotatable bonds is 8. The molecule has 22 heavy (non-hydrogen) atoms. The van der Waals surface area contributed by atoms with Gasteiger partial charge in [-0.15, -0.1) is 0 Å². The van der Waals surface area contributed by atoms with Crippen LogP contribution in [0.5, 0.6) is 0 Å². The summed E-state index contributed by atoms with van der Waals surface area (Å²) >= 11 is 4.94. The number of carbonyl (C=O) groups excluding carboxylic acids is 1. The molecule has 1 amide bonds. The first kappa shape index (κ1) is 21.2. The molecule has 0 rings (SSSR count). The lowest BCUT2D eigenvalue weighted by Gasteiger charge is -2.38. The third kappa shape index (κ3) is 6.12. The molecular weight excluding hydrogens is 342 g/mol. The predicted octanol–water partition coefficient (Wildman–Crippen LogP) is 1.21. The van der Waals surface area contributed by atoms with Crippen LogP contribution in [0.2, 0.25) is 0 Å². The molecule has 0 aromatic carbocycles. The van der Waals surface area contributed by atoms with Crippen molar-refractivity contribution in [2.75, 3.05) is 6.54 Å². The second-order valence-electron chi connectivity index (χ2n) is 5.19. The molecular formula is C11H20F3N3O3PS+. The predicted molar refractivity (Wildman–Crippen MR) is 80.4 cm³/mol. The van der Waals surface area contributed by atoms with Crippen LogP contribution >= 0.6 is 7.36 Å². The van der Waals surface area contributed by atoms with E-state index in [0.717, 1.165) is 0 Å². The van der Waals surface area contributed by atoms with E-state index in [2.05, 4.69) is 10.6 Å². The van der Waals surface area contributed by atoms with E-state index in [-0.39, 0.29) is 17.0 Å². The Kier molecular flexibility index (Phi) is 7.84. The Bertz CT molecular complexity index is 423. The van der Waals surface area contributed by atoms with Crippen molar-refractivity contribution in [3.05, 3.63) is 0 Å². The van der Waals surface area contributed by atoms with Crippen LogP contribution in [0.3, 0.4) is 0 Å². The quantitative estimate of drug-likeness (QED) is 0.445. The van der Waals surface area contributed by atoms with E-state index in [1.807, 2.05) is 0 Å². The van der Waals surface area contributed by atoms with E-state index in [1.54, 1.807) is 27.7 Å². The molecule has 0 aromatic rings. The van der Waals surface area contributed by atoms with Crippen LogP contribution in [0.1, 0.15) is 27.7 Å². The summed E-state index contributed by atoms with van der Waals surface area (Å²) in [6, 6.07) is -0.668. The third-order valence-corrected chi connectivity index (χ3v) is 4.07. The van der Waals surface area contributed by atoms with Crippen molar-refractivity contribution >= 4 is 31.0 Å². The zero-order chi connectivity index (χ0) is 17.7. The van der Waals surface area contributed by atoms with Gasteiger partial charge < -0.3 is 5.11 Å². The molecule has 6 nitrogen and oxygen atoms in total. The molecule has 0 saturated heterocycles. The Morgan fingerprint density at radius 1 is 1.18 bits per heavy atom. The maximum atomic E-state index is 12.8. The maximum Gasteiger partial charge on any atom is 0.471 e. The van der Waals surface area contributed by atoms with E-state index in [9.17, 15) is 22.8 Å². The van der Waals surface area contributed by atoms with Gasteiger partial charge >= 0.3 is 23.6 Å². The second kappa shape index (κ2) is 8.14. The van der Waals surface area contributed by atoms with Gasteiger partial charge in [-0.3, -0.25) is 14.5 Å². The molecule has 0 bridgehead atoms. The van der Waals surface area contributed by atoms with Crippen molar-refractivity contribution < 1.29 is 27.9 Å². The molecule has 0 aliphatic carbocycles. The van der Waals surface area contributed by atoms with Crippen molar-refractivity contribution in [1.29, 1.82) is 0 Å². The number of carbonyl (C=O) groups is 2. The lowest BCUT2D eigenvalue weighted by atomic mass is 10.3. The lowest BCUT2D eigenvalue weighted by Crippen LogP contribution is -2.70. The molecule has 0 aliphatic heterocycles. The first-order valence-corrected chi connectivity index (χ1v) is 8.54. The summed E-state index contributed by atoms with van der Waals surface area (Å²) in [5.74, 6) is -3.82. The highest BCUT2D eigenvalue weighted by atomic mass is 32.4. The minimum absolute atomic E-state index is 0.209. The van der Waals surface area contributed by atoms with Gasteiger partial charge in [0.05, 0.1) is 0 Å². The van der Waals surface area contributed by atoms with Gasteiger partial charge in [0, 0.05) is 12.1 Å². The molecule has 128 valence electrons. The van der Waals surface area contributed by atoms with Gasteiger partial charge in [0.25, 0.3) is 0 Å². The number of hydrogen-bond acceptors (Lipinski definition) is 5. The summed E-state index contributed by atoms with van der Waals surface area (Å²) in [5, 5.41) is 14.4. The average Bonchev–Trinajstić information content (AvgIpc) is 2.31. The molecule has 0 spiro atoms. The number of amides is 1. The van der Waals surface area contributed by atoms with Crippen LogP contribution < -0.4 is 10.6 Å². The van der Waals surface area contributed by atoms with E-state index >= 15 is 0 Å². The number of aliphatic carboxylic acids is 1. The summed E-state index contributed by atoms with van der Waals surface area (Å²) in [5.41, 5.74) is -1.76. The van der Waals surface area contributed by atoms with Gasteiger partial charge in [0.1, 0.15) is 6.54 Å². The van der Waals surface area contributed by atoms with E-state index in [0.29, 0.717) is 0 Å². The van der Waals surface area contributed by atoms with Gasteiger partial charge in [0.15, 0.2) is 11.8 Å². The van der Waals surface area contributed by atoms with Crippen LogP contribution in [0, 0.1) is 0 Å². The summed E-state index contributed by atoms with van der Waals surface area (Å²) in [7, 11) is -0.641. The fourth-order valence-electron chi connectivity index (χ4n) is 1.78. The van der Waals surface area contributed by atoms with Gasteiger partial charge in [-0.05, 0) is 27.7 Å². The minimum atomic E-state index is -5.20. The fourth-order valence-corrected chi connectivity index (χ4v) is 3.45. The molecule has 1 atom stereocenters. The Morgan fingerprint density at radius 2 is 1.59 bits per heavy atom. The van der Waals surface area contributed by atoms with Crippen LogP contribution in [0.25, 0.3) is 0 Å². The third-order valence-electron chi connectivity index (χ3n) is 2.33. The van der Waals surface area contributed by atoms with E-state index in [1.165, 1.54) is 0 Å². The Morgan fingerprint density at radius 3 is 1.82 bits per heavy atom. The molecule has 0 fully saturated rings. The van der Waals surface area contributed by atoms with E-state index in [4.69, 9.17) is 16.9 Å². The highest BCUT2D eigenvalue weighted by Gasteiger charge is 2.55. The smallest absolute Gasteiger partial charge is 0.471 e. The highest BCUT2D eigenvalue weighted by Crippen LogP contribution is 2.29. The van der Waals surface area contributed by atoms with E-state index < -0.39 is 37.5 Å². The Hall–Kier alpha value is -0.830. The monoisotopic (exact) mass is 362 g/mol. The summed E-state index contributed by atoms with van der Waals surface area (Å²) in [6.45, 7) is 5.50. The lowest BCUT2D eigenvalue weighted by molar-refractivity contribution is -0.192. The molecule has 0 radical (unpaired) electrons. The zero-order valence-corrected chi connectivity index (χ0v) is 14.4. The van der Waals surface area contributed by atoms with Crippen molar-refractivity contribution in [1.82, 2.24) is 15.5 Å². The standard InChI is InChI=1S/C11H19F3N3O3PS/c1-6(2)15-11(21-22,16-7(3)4)17(5-8(18)19)9(20)10(12,13)14/h6-7,15-16H,5H2,1-4H3,(H,18,19)/p+1.